The topological polar surface area (TPSA) is 47.3 Å². The lowest BCUT2D eigenvalue weighted by Gasteiger charge is -2.11. The second-order valence-corrected chi connectivity index (χ2v) is 4.17. The molecule has 0 unspecified atom stereocenters. The van der Waals surface area contributed by atoms with E-state index in [1.165, 1.54) is 5.56 Å². The van der Waals surface area contributed by atoms with E-state index in [0.717, 1.165) is 22.8 Å². The molecule has 3 nitrogen and oxygen atoms in total. The highest BCUT2D eigenvalue weighted by molar-refractivity contribution is 5.73. The number of hydrogen-bond acceptors (Lipinski definition) is 3. The monoisotopic (exact) mass is 242 g/mol. The molecule has 18 heavy (non-hydrogen) atoms. The SMILES string of the molecule is CCOc1ccc(Nc2cc(C)ccc2N)cc1. The van der Waals surface area contributed by atoms with Gasteiger partial charge in [0.2, 0.25) is 0 Å². The molecule has 94 valence electrons. The molecular formula is C15H18N2O. The number of anilines is 3. The first-order valence-corrected chi connectivity index (χ1v) is 6.05. The van der Waals surface area contributed by atoms with Crippen molar-refractivity contribution in [3.8, 4) is 5.75 Å². The van der Waals surface area contributed by atoms with E-state index in [9.17, 15) is 0 Å². The first-order valence-electron chi connectivity index (χ1n) is 6.05. The van der Waals surface area contributed by atoms with E-state index in [0.29, 0.717) is 6.61 Å². The second kappa shape index (κ2) is 5.45. The van der Waals surface area contributed by atoms with Crippen molar-refractivity contribution in [1.82, 2.24) is 0 Å². The Labute approximate surface area is 108 Å². The average Bonchev–Trinajstić information content (AvgIpc) is 2.37. The van der Waals surface area contributed by atoms with E-state index in [4.69, 9.17) is 10.5 Å². The summed E-state index contributed by atoms with van der Waals surface area (Å²) in [5.41, 5.74) is 9.78. The summed E-state index contributed by atoms with van der Waals surface area (Å²) >= 11 is 0. The van der Waals surface area contributed by atoms with Crippen LogP contribution in [0.25, 0.3) is 0 Å². The zero-order valence-electron chi connectivity index (χ0n) is 10.7. The van der Waals surface area contributed by atoms with E-state index < -0.39 is 0 Å². The van der Waals surface area contributed by atoms with E-state index in [-0.39, 0.29) is 0 Å². The molecule has 0 aliphatic carbocycles. The standard InChI is InChI=1S/C15H18N2O/c1-3-18-13-7-5-12(6-8-13)17-15-10-11(2)4-9-14(15)16/h4-10,17H,3,16H2,1-2H3. The summed E-state index contributed by atoms with van der Waals surface area (Å²) in [7, 11) is 0. The zero-order valence-corrected chi connectivity index (χ0v) is 10.7. The predicted molar refractivity (Wildman–Crippen MR) is 76.5 cm³/mol. The van der Waals surface area contributed by atoms with E-state index >= 15 is 0 Å². The molecule has 0 atom stereocenters. The van der Waals surface area contributed by atoms with E-state index in [1.54, 1.807) is 0 Å². The minimum absolute atomic E-state index is 0.678. The maximum absolute atomic E-state index is 5.93. The molecule has 0 aromatic heterocycles. The van der Waals surface area contributed by atoms with Crippen molar-refractivity contribution in [3.05, 3.63) is 48.0 Å². The Morgan fingerprint density at radius 3 is 2.50 bits per heavy atom. The molecule has 2 aromatic carbocycles. The van der Waals surface area contributed by atoms with Crippen molar-refractivity contribution in [2.45, 2.75) is 13.8 Å². The smallest absolute Gasteiger partial charge is 0.119 e. The number of ether oxygens (including phenoxy) is 1. The first kappa shape index (κ1) is 12.3. The lowest BCUT2D eigenvalue weighted by atomic mass is 10.2. The van der Waals surface area contributed by atoms with Crippen LogP contribution in [0.3, 0.4) is 0 Å². The molecule has 2 rings (SSSR count). The van der Waals surface area contributed by atoms with Crippen LogP contribution >= 0.6 is 0 Å². The molecule has 0 saturated heterocycles. The molecule has 0 fully saturated rings. The molecule has 0 aliphatic rings. The molecule has 0 radical (unpaired) electrons. The molecule has 0 saturated carbocycles. The fraction of sp³-hybridized carbons (Fsp3) is 0.200. The number of aryl methyl sites for hydroxylation is 1. The summed E-state index contributed by atoms with van der Waals surface area (Å²) in [6.07, 6.45) is 0. The molecule has 3 heteroatoms. The van der Waals surface area contributed by atoms with Crippen molar-refractivity contribution in [2.75, 3.05) is 17.7 Å². The third-order valence-corrected chi connectivity index (χ3v) is 2.65. The Bertz CT molecular complexity index is 521. The van der Waals surface area contributed by atoms with Crippen LogP contribution in [-0.4, -0.2) is 6.61 Å². The van der Waals surface area contributed by atoms with Crippen LogP contribution in [0.15, 0.2) is 42.5 Å². The summed E-state index contributed by atoms with van der Waals surface area (Å²) < 4.78 is 5.40. The Hall–Kier alpha value is -2.16. The minimum Gasteiger partial charge on any atom is -0.494 e. The van der Waals surface area contributed by atoms with Gasteiger partial charge in [0.1, 0.15) is 5.75 Å². The van der Waals surface area contributed by atoms with Gasteiger partial charge in [0.25, 0.3) is 0 Å². The highest BCUT2D eigenvalue weighted by Gasteiger charge is 2.00. The minimum atomic E-state index is 0.678. The van der Waals surface area contributed by atoms with Gasteiger partial charge in [-0.3, -0.25) is 0 Å². The third kappa shape index (κ3) is 2.94. The molecule has 0 bridgehead atoms. The Morgan fingerprint density at radius 2 is 1.83 bits per heavy atom. The normalized spacial score (nSPS) is 10.1. The van der Waals surface area contributed by atoms with Crippen LogP contribution in [0.4, 0.5) is 17.1 Å². The average molecular weight is 242 g/mol. The first-order chi connectivity index (χ1) is 8.69. The molecule has 0 spiro atoms. The molecule has 3 N–H and O–H groups in total. The van der Waals surface area contributed by atoms with Gasteiger partial charge in [0.05, 0.1) is 18.0 Å². The van der Waals surface area contributed by atoms with Crippen LogP contribution in [0.2, 0.25) is 0 Å². The Balaban J connectivity index is 2.15. The maximum Gasteiger partial charge on any atom is 0.119 e. The van der Waals surface area contributed by atoms with Crippen LogP contribution in [-0.2, 0) is 0 Å². The van der Waals surface area contributed by atoms with Gasteiger partial charge < -0.3 is 15.8 Å². The quantitative estimate of drug-likeness (QED) is 0.803. The second-order valence-electron chi connectivity index (χ2n) is 4.17. The van der Waals surface area contributed by atoms with Crippen molar-refractivity contribution in [2.24, 2.45) is 0 Å². The fourth-order valence-corrected chi connectivity index (χ4v) is 1.74. The van der Waals surface area contributed by atoms with Gasteiger partial charge in [-0.05, 0) is 55.8 Å². The highest BCUT2D eigenvalue weighted by Crippen LogP contribution is 2.25. The van der Waals surface area contributed by atoms with Crippen LogP contribution in [0.1, 0.15) is 12.5 Å². The molecule has 2 aromatic rings. The van der Waals surface area contributed by atoms with Crippen molar-refractivity contribution >= 4 is 17.1 Å². The number of nitrogen functional groups attached to an aromatic ring is 1. The number of nitrogens with two attached hydrogens (primary N) is 1. The summed E-state index contributed by atoms with van der Waals surface area (Å²) in [5, 5.41) is 3.30. The summed E-state index contributed by atoms with van der Waals surface area (Å²) in [4.78, 5) is 0. The summed E-state index contributed by atoms with van der Waals surface area (Å²) in [6.45, 7) is 4.69. The van der Waals surface area contributed by atoms with Crippen LogP contribution in [0.5, 0.6) is 5.75 Å². The third-order valence-electron chi connectivity index (χ3n) is 2.65. The number of rotatable bonds is 4. The van der Waals surface area contributed by atoms with Gasteiger partial charge >= 0.3 is 0 Å². The zero-order chi connectivity index (χ0) is 13.0. The molecule has 0 heterocycles. The van der Waals surface area contributed by atoms with Crippen molar-refractivity contribution in [3.63, 3.8) is 0 Å². The van der Waals surface area contributed by atoms with Crippen molar-refractivity contribution in [1.29, 1.82) is 0 Å². The number of benzene rings is 2. The van der Waals surface area contributed by atoms with Gasteiger partial charge in [-0.15, -0.1) is 0 Å². The van der Waals surface area contributed by atoms with Gasteiger partial charge in [0, 0.05) is 5.69 Å². The lowest BCUT2D eigenvalue weighted by Crippen LogP contribution is -1.97. The van der Waals surface area contributed by atoms with Gasteiger partial charge in [-0.2, -0.15) is 0 Å². The molecule has 0 aliphatic heterocycles. The van der Waals surface area contributed by atoms with Gasteiger partial charge in [-0.1, -0.05) is 6.07 Å². The number of hydrogen-bond donors (Lipinski definition) is 2. The van der Waals surface area contributed by atoms with Gasteiger partial charge in [-0.25, -0.2) is 0 Å². The van der Waals surface area contributed by atoms with E-state index in [2.05, 4.69) is 5.32 Å². The Kier molecular flexibility index (Phi) is 3.72. The number of nitrogens with one attached hydrogen (secondary N) is 1. The van der Waals surface area contributed by atoms with E-state index in [1.807, 2.05) is 56.3 Å². The summed E-state index contributed by atoms with van der Waals surface area (Å²) in [5.74, 6) is 0.875. The lowest BCUT2D eigenvalue weighted by molar-refractivity contribution is 0.340. The van der Waals surface area contributed by atoms with Gasteiger partial charge in [0.15, 0.2) is 0 Å². The van der Waals surface area contributed by atoms with Crippen LogP contribution < -0.4 is 15.8 Å². The molecular weight excluding hydrogens is 224 g/mol. The largest absolute Gasteiger partial charge is 0.494 e. The fourth-order valence-electron chi connectivity index (χ4n) is 1.74. The van der Waals surface area contributed by atoms with Crippen molar-refractivity contribution < 1.29 is 4.74 Å². The maximum atomic E-state index is 5.93. The predicted octanol–water partition coefficient (Wildman–Crippen LogP) is 3.72. The molecule has 0 amide bonds. The van der Waals surface area contributed by atoms with Crippen LogP contribution in [0, 0.1) is 6.92 Å². The Morgan fingerprint density at radius 1 is 1.11 bits per heavy atom. The highest BCUT2D eigenvalue weighted by atomic mass is 16.5. The summed E-state index contributed by atoms with van der Waals surface area (Å²) in [6, 6.07) is 13.8.